The van der Waals surface area contributed by atoms with Gasteiger partial charge in [-0.2, -0.15) is 0 Å². The molecule has 1 aliphatic heterocycles. The first-order chi connectivity index (χ1) is 11.5. The molecular formula is C19H29N3O2. The predicted octanol–water partition coefficient (Wildman–Crippen LogP) is 3.79. The number of anilines is 2. The first-order valence-electron chi connectivity index (χ1n) is 9.01. The van der Waals surface area contributed by atoms with Crippen LogP contribution in [0.3, 0.4) is 0 Å². The Morgan fingerprint density at radius 1 is 1.17 bits per heavy atom. The van der Waals surface area contributed by atoms with Crippen LogP contribution in [-0.4, -0.2) is 31.6 Å². The maximum atomic E-state index is 11.9. The number of rotatable bonds is 8. The smallest absolute Gasteiger partial charge is 0.328 e. The van der Waals surface area contributed by atoms with Crippen LogP contribution >= 0.6 is 0 Å². The van der Waals surface area contributed by atoms with E-state index in [1.54, 1.807) is 4.90 Å². The van der Waals surface area contributed by atoms with Crippen LogP contribution < -0.4 is 15.1 Å². The third-order valence-corrected chi connectivity index (χ3v) is 4.66. The summed E-state index contributed by atoms with van der Waals surface area (Å²) in [5, 5.41) is 2.36. The van der Waals surface area contributed by atoms with Gasteiger partial charge in [-0.15, -0.1) is 0 Å². The number of carbonyl (C=O) groups is 2. The summed E-state index contributed by atoms with van der Waals surface area (Å²) in [4.78, 5) is 27.2. The Bertz CT molecular complexity index is 556. The molecule has 1 atom stereocenters. The summed E-state index contributed by atoms with van der Waals surface area (Å²) in [6.45, 7) is 9.26. The minimum absolute atomic E-state index is 0.202. The average Bonchev–Trinajstić information content (AvgIpc) is 2.58. The fourth-order valence-electron chi connectivity index (χ4n) is 2.87. The van der Waals surface area contributed by atoms with Crippen molar-refractivity contribution in [2.45, 2.75) is 46.5 Å². The van der Waals surface area contributed by atoms with Crippen LogP contribution in [0.1, 0.15) is 46.5 Å². The first kappa shape index (κ1) is 18.3. The highest BCUT2D eigenvalue weighted by molar-refractivity contribution is 6.05. The number of nitrogens with one attached hydrogen (secondary N) is 1. The number of nitrogens with zero attached hydrogens (tertiary/aromatic N) is 2. The normalized spacial score (nSPS) is 16.0. The summed E-state index contributed by atoms with van der Waals surface area (Å²) >= 11 is 0. The fourth-order valence-corrected chi connectivity index (χ4v) is 2.87. The number of carbonyl (C=O) groups excluding carboxylic acids is 2. The van der Waals surface area contributed by atoms with E-state index in [0.29, 0.717) is 13.0 Å². The molecule has 1 saturated heterocycles. The van der Waals surface area contributed by atoms with Crippen molar-refractivity contribution in [1.82, 2.24) is 5.32 Å². The van der Waals surface area contributed by atoms with Crippen LogP contribution in [0.15, 0.2) is 24.3 Å². The number of amides is 3. The quantitative estimate of drug-likeness (QED) is 0.788. The second kappa shape index (κ2) is 8.71. The van der Waals surface area contributed by atoms with Gasteiger partial charge in [0.15, 0.2) is 0 Å². The molecule has 0 radical (unpaired) electrons. The molecule has 1 heterocycles. The molecule has 3 amide bonds. The van der Waals surface area contributed by atoms with Gasteiger partial charge in [-0.3, -0.25) is 15.0 Å². The molecule has 1 aromatic carbocycles. The molecule has 1 aromatic rings. The van der Waals surface area contributed by atoms with Gasteiger partial charge < -0.3 is 4.90 Å². The van der Waals surface area contributed by atoms with E-state index in [4.69, 9.17) is 0 Å². The highest BCUT2D eigenvalue weighted by Gasteiger charge is 2.24. The zero-order chi connectivity index (χ0) is 17.5. The Labute approximate surface area is 145 Å². The minimum Gasteiger partial charge on any atom is -0.372 e. The maximum absolute atomic E-state index is 11.9. The summed E-state index contributed by atoms with van der Waals surface area (Å²) in [6.07, 6.45) is 3.86. The van der Waals surface area contributed by atoms with Crippen molar-refractivity contribution in [3.05, 3.63) is 24.3 Å². The van der Waals surface area contributed by atoms with E-state index < -0.39 is 0 Å². The molecule has 1 aliphatic rings. The van der Waals surface area contributed by atoms with Crippen LogP contribution in [0.25, 0.3) is 0 Å². The van der Waals surface area contributed by atoms with Gasteiger partial charge in [-0.25, -0.2) is 4.79 Å². The molecule has 0 saturated carbocycles. The molecule has 1 N–H and O–H groups in total. The van der Waals surface area contributed by atoms with Crippen molar-refractivity contribution in [1.29, 1.82) is 0 Å². The molecule has 0 aliphatic carbocycles. The second-order valence-corrected chi connectivity index (χ2v) is 6.56. The lowest BCUT2D eigenvalue weighted by Gasteiger charge is -2.28. The van der Waals surface area contributed by atoms with Crippen molar-refractivity contribution in [3.8, 4) is 0 Å². The van der Waals surface area contributed by atoms with Crippen LogP contribution in [-0.2, 0) is 4.79 Å². The Morgan fingerprint density at radius 3 is 2.46 bits per heavy atom. The van der Waals surface area contributed by atoms with Gasteiger partial charge in [0.25, 0.3) is 0 Å². The Kier molecular flexibility index (Phi) is 6.64. The van der Waals surface area contributed by atoms with Gasteiger partial charge in [0.1, 0.15) is 0 Å². The molecule has 5 nitrogen and oxygen atoms in total. The van der Waals surface area contributed by atoms with Crippen molar-refractivity contribution >= 4 is 23.3 Å². The Balaban J connectivity index is 2.05. The molecule has 132 valence electrons. The molecule has 0 bridgehead atoms. The molecule has 2 rings (SSSR count). The Hall–Kier alpha value is -2.04. The average molecular weight is 331 g/mol. The topological polar surface area (TPSA) is 52.6 Å². The molecular weight excluding hydrogens is 302 g/mol. The van der Waals surface area contributed by atoms with Crippen molar-refractivity contribution < 1.29 is 9.59 Å². The van der Waals surface area contributed by atoms with E-state index in [9.17, 15) is 9.59 Å². The summed E-state index contributed by atoms with van der Waals surface area (Å²) in [5.41, 5.74) is 2.03. The number of hydrogen-bond acceptors (Lipinski definition) is 3. The van der Waals surface area contributed by atoms with Gasteiger partial charge in [0.05, 0.1) is 0 Å². The summed E-state index contributed by atoms with van der Waals surface area (Å²) in [5.74, 6) is 0.533. The molecule has 0 aromatic heterocycles. The predicted molar refractivity (Wildman–Crippen MR) is 98.5 cm³/mol. The van der Waals surface area contributed by atoms with Crippen molar-refractivity contribution in [2.24, 2.45) is 5.92 Å². The summed E-state index contributed by atoms with van der Waals surface area (Å²) < 4.78 is 0. The molecule has 1 unspecified atom stereocenters. The Morgan fingerprint density at radius 2 is 1.88 bits per heavy atom. The molecule has 0 spiro atoms. The number of hydrogen-bond donors (Lipinski definition) is 1. The number of benzene rings is 1. The van der Waals surface area contributed by atoms with Crippen LogP contribution in [0.2, 0.25) is 0 Å². The molecule has 24 heavy (non-hydrogen) atoms. The lowest BCUT2D eigenvalue weighted by molar-refractivity contribution is -0.120. The van der Waals surface area contributed by atoms with E-state index in [1.807, 2.05) is 12.1 Å². The third kappa shape index (κ3) is 4.73. The van der Waals surface area contributed by atoms with Gasteiger partial charge >= 0.3 is 6.03 Å². The molecule has 1 fully saturated rings. The van der Waals surface area contributed by atoms with Crippen LogP contribution in [0.5, 0.6) is 0 Å². The summed E-state index contributed by atoms with van der Waals surface area (Å²) in [6, 6.07) is 7.75. The van der Waals surface area contributed by atoms with Crippen LogP contribution in [0.4, 0.5) is 16.2 Å². The SMILES string of the molecule is CCCN(CCC(C)CC)c1ccc(N2CCC(=O)NC2=O)cc1. The van der Waals surface area contributed by atoms with Crippen molar-refractivity contribution in [3.63, 3.8) is 0 Å². The van der Waals surface area contributed by atoms with E-state index in [0.717, 1.165) is 31.1 Å². The van der Waals surface area contributed by atoms with Crippen molar-refractivity contribution in [2.75, 3.05) is 29.4 Å². The van der Waals surface area contributed by atoms with E-state index >= 15 is 0 Å². The van der Waals surface area contributed by atoms with Gasteiger partial charge in [0, 0.05) is 37.4 Å². The highest BCUT2D eigenvalue weighted by Crippen LogP contribution is 2.23. The van der Waals surface area contributed by atoms with Gasteiger partial charge in [-0.1, -0.05) is 27.2 Å². The monoisotopic (exact) mass is 331 g/mol. The number of imide groups is 1. The zero-order valence-electron chi connectivity index (χ0n) is 15.0. The van der Waals surface area contributed by atoms with Crippen LogP contribution in [0, 0.1) is 5.92 Å². The lowest BCUT2D eigenvalue weighted by Crippen LogP contribution is -2.49. The van der Waals surface area contributed by atoms with Gasteiger partial charge in [0.2, 0.25) is 5.91 Å². The lowest BCUT2D eigenvalue weighted by atomic mass is 10.0. The highest BCUT2D eigenvalue weighted by atomic mass is 16.2. The van der Waals surface area contributed by atoms with E-state index in [-0.39, 0.29) is 11.9 Å². The maximum Gasteiger partial charge on any atom is 0.328 e. The molecule has 5 heteroatoms. The second-order valence-electron chi connectivity index (χ2n) is 6.56. The van der Waals surface area contributed by atoms with E-state index in [1.165, 1.54) is 18.5 Å². The summed E-state index contributed by atoms with van der Waals surface area (Å²) in [7, 11) is 0. The third-order valence-electron chi connectivity index (χ3n) is 4.66. The zero-order valence-corrected chi connectivity index (χ0v) is 15.0. The number of urea groups is 1. The van der Waals surface area contributed by atoms with Gasteiger partial charge in [-0.05, 0) is 43.0 Å². The minimum atomic E-state index is -0.332. The largest absolute Gasteiger partial charge is 0.372 e. The first-order valence-corrected chi connectivity index (χ1v) is 9.01. The fraction of sp³-hybridized carbons (Fsp3) is 0.579. The standard InChI is InChI=1S/C19H29N3O2/c1-4-12-21(13-10-15(3)5-2)16-6-8-17(9-7-16)22-14-11-18(23)20-19(22)24/h6-9,15H,4-5,10-14H2,1-3H3,(H,20,23,24). The van der Waals surface area contributed by atoms with E-state index in [2.05, 4.69) is 43.1 Å².